The molecule has 0 N–H and O–H groups in total. The number of thioether (sulfide) groups is 1. The molecule has 0 bridgehead atoms. The van der Waals surface area contributed by atoms with Gasteiger partial charge >= 0.3 is 0 Å². The summed E-state index contributed by atoms with van der Waals surface area (Å²) in [6, 6.07) is 8.42. The standard InChI is InChI=1S/C16H14ClFN2OS/c17-13-8-12(3-4-14(13)18)16-20(15(21)5-7-22-16)10-11-2-1-6-19-9-11/h1-4,6,8-9,16H,5,7,10H2. The van der Waals surface area contributed by atoms with Gasteiger partial charge in [0.1, 0.15) is 11.2 Å². The fourth-order valence-electron chi connectivity index (χ4n) is 2.42. The van der Waals surface area contributed by atoms with Crippen LogP contribution in [0.1, 0.15) is 22.9 Å². The van der Waals surface area contributed by atoms with Crippen molar-refractivity contribution in [1.82, 2.24) is 9.88 Å². The zero-order valence-electron chi connectivity index (χ0n) is 11.7. The van der Waals surface area contributed by atoms with Crippen molar-refractivity contribution in [2.24, 2.45) is 0 Å². The molecule has 1 atom stereocenters. The second kappa shape index (κ2) is 6.67. The van der Waals surface area contributed by atoms with Crippen LogP contribution < -0.4 is 0 Å². The van der Waals surface area contributed by atoms with Gasteiger partial charge in [0.25, 0.3) is 0 Å². The lowest BCUT2D eigenvalue weighted by atomic mass is 10.1. The van der Waals surface area contributed by atoms with E-state index in [1.807, 2.05) is 12.1 Å². The van der Waals surface area contributed by atoms with Crippen LogP contribution in [-0.4, -0.2) is 21.5 Å². The maximum atomic E-state index is 13.4. The molecule has 0 aliphatic carbocycles. The number of rotatable bonds is 3. The molecule has 1 aliphatic rings. The van der Waals surface area contributed by atoms with Crippen LogP contribution in [0.25, 0.3) is 0 Å². The molecule has 0 spiro atoms. The van der Waals surface area contributed by atoms with Crippen LogP contribution in [0.3, 0.4) is 0 Å². The molecule has 2 heterocycles. The highest BCUT2D eigenvalue weighted by molar-refractivity contribution is 7.99. The molecule has 3 rings (SSSR count). The van der Waals surface area contributed by atoms with E-state index in [-0.39, 0.29) is 16.3 Å². The second-order valence-corrected chi connectivity index (χ2v) is 6.62. The van der Waals surface area contributed by atoms with Gasteiger partial charge in [-0.15, -0.1) is 11.8 Å². The Morgan fingerprint density at radius 3 is 3.00 bits per heavy atom. The Bertz CT molecular complexity index is 683. The lowest BCUT2D eigenvalue weighted by Crippen LogP contribution is -2.36. The highest BCUT2D eigenvalue weighted by Crippen LogP contribution is 2.39. The Hall–Kier alpha value is -1.59. The lowest BCUT2D eigenvalue weighted by Gasteiger charge is -2.35. The number of pyridine rings is 1. The average molecular weight is 337 g/mol. The van der Waals surface area contributed by atoms with Gasteiger partial charge in [0.15, 0.2) is 0 Å². The summed E-state index contributed by atoms with van der Waals surface area (Å²) >= 11 is 7.55. The summed E-state index contributed by atoms with van der Waals surface area (Å²) in [7, 11) is 0. The monoisotopic (exact) mass is 336 g/mol. The zero-order valence-corrected chi connectivity index (χ0v) is 13.3. The van der Waals surface area contributed by atoms with E-state index in [1.54, 1.807) is 41.2 Å². The van der Waals surface area contributed by atoms with Crippen LogP contribution in [0.2, 0.25) is 5.02 Å². The first-order chi connectivity index (χ1) is 10.6. The van der Waals surface area contributed by atoms with Crippen LogP contribution in [0.5, 0.6) is 0 Å². The number of amides is 1. The molecular weight excluding hydrogens is 323 g/mol. The summed E-state index contributed by atoms with van der Waals surface area (Å²) in [4.78, 5) is 18.2. The van der Waals surface area contributed by atoms with Gasteiger partial charge in [0.05, 0.1) is 5.02 Å². The van der Waals surface area contributed by atoms with Crippen molar-refractivity contribution in [3.8, 4) is 0 Å². The molecule has 22 heavy (non-hydrogen) atoms. The first-order valence-corrected chi connectivity index (χ1v) is 8.33. The molecule has 1 unspecified atom stereocenters. The number of aromatic nitrogens is 1. The van der Waals surface area contributed by atoms with Crippen LogP contribution in [0.15, 0.2) is 42.7 Å². The van der Waals surface area contributed by atoms with Gasteiger partial charge in [-0.2, -0.15) is 0 Å². The van der Waals surface area contributed by atoms with Gasteiger partial charge in [0.2, 0.25) is 5.91 Å². The summed E-state index contributed by atoms with van der Waals surface area (Å²) in [5.41, 5.74) is 1.81. The van der Waals surface area contributed by atoms with E-state index in [2.05, 4.69) is 4.98 Å². The molecule has 1 saturated heterocycles. The van der Waals surface area contributed by atoms with Crippen molar-refractivity contribution in [2.75, 3.05) is 5.75 Å². The third-order valence-electron chi connectivity index (χ3n) is 3.50. The Balaban J connectivity index is 1.89. The van der Waals surface area contributed by atoms with Crippen molar-refractivity contribution < 1.29 is 9.18 Å². The Kier molecular flexibility index (Phi) is 4.64. The molecule has 1 aliphatic heterocycles. The molecule has 1 fully saturated rings. The summed E-state index contributed by atoms with van der Waals surface area (Å²) in [6.45, 7) is 0.485. The van der Waals surface area contributed by atoms with Gasteiger partial charge in [0, 0.05) is 31.1 Å². The van der Waals surface area contributed by atoms with Gasteiger partial charge < -0.3 is 4.90 Å². The molecule has 114 valence electrons. The second-order valence-electron chi connectivity index (χ2n) is 5.03. The number of benzene rings is 1. The van der Waals surface area contributed by atoms with Crippen LogP contribution in [-0.2, 0) is 11.3 Å². The highest BCUT2D eigenvalue weighted by Gasteiger charge is 2.30. The predicted octanol–water partition coefficient (Wildman–Crippen LogP) is 4.04. The van der Waals surface area contributed by atoms with Gasteiger partial charge in [-0.3, -0.25) is 9.78 Å². The average Bonchev–Trinajstić information content (AvgIpc) is 2.53. The maximum absolute atomic E-state index is 13.4. The smallest absolute Gasteiger partial charge is 0.224 e. The minimum absolute atomic E-state index is 0.0810. The molecule has 3 nitrogen and oxygen atoms in total. The van der Waals surface area contributed by atoms with Crippen molar-refractivity contribution in [1.29, 1.82) is 0 Å². The molecular formula is C16H14ClFN2OS. The maximum Gasteiger partial charge on any atom is 0.224 e. The van der Waals surface area contributed by atoms with Crippen molar-refractivity contribution in [2.45, 2.75) is 18.3 Å². The SMILES string of the molecule is O=C1CCSC(c2ccc(F)c(Cl)c2)N1Cc1cccnc1. The first-order valence-electron chi connectivity index (χ1n) is 6.90. The molecule has 6 heteroatoms. The third kappa shape index (κ3) is 3.25. The van der Waals surface area contributed by atoms with Crippen LogP contribution >= 0.6 is 23.4 Å². The molecule has 0 radical (unpaired) electrons. The number of hydrogen-bond acceptors (Lipinski definition) is 3. The van der Waals surface area contributed by atoms with E-state index in [4.69, 9.17) is 11.6 Å². The van der Waals surface area contributed by atoms with Crippen molar-refractivity contribution in [3.05, 3.63) is 64.7 Å². The number of carbonyl (C=O) groups is 1. The highest BCUT2D eigenvalue weighted by atomic mass is 35.5. The molecule has 1 amide bonds. The summed E-state index contributed by atoms with van der Waals surface area (Å²) in [6.07, 6.45) is 3.96. The Labute approximate surface area is 137 Å². The van der Waals surface area contributed by atoms with Crippen molar-refractivity contribution in [3.63, 3.8) is 0 Å². The quantitative estimate of drug-likeness (QED) is 0.848. The minimum atomic E-state index is -0.448. The Morgan fingerprint density at radius 1 is 1.41 bits per heavy atom. The normalized spacial score (nSPS) is 18.5. The van der Waals surface area contributed by atoms with E-state index in [1.165, 1.54) is 6.07 Å². The first kappa shape index (κ1) is 15.3. The van der Waals surface area contributed by atoms with Gasteiger partial charge in [-0.05, 0) is 29.3 Å². The summed E-state index contributed by atoms with van der Waals surface area (Å²) in [5.74, 6) is 0.395. The van der Waals surface area contributed by atoms with E-state index >= 15 is 0 Å². The van der Waals surface area contributed by atoms with Crippen LogP contribution in [0, 0.1) is 5.82 Å². The van der Waals surface area contributed by atoms with Gasteiger partial charge in [-0.1, -0.05) is 23.7 Å². The van der Waals surface area contributed by atoms with E-state index in [0.717, 1.165) is 16.9 Å². The number of nitrogens with zero attached hydrogens (tertiary/aromatic N) is 2. The fraction of sp³-hybridized carbons (Fsp3) is 0.250. The number of halogens is 2. The molecule has 1 aromatic carbocycles. The Morgan fingerprint density at radius 2 is 2.27 bits per heavy atom. The predicted molar refractivity (Wildman–Crippen MR) is 86.0 cm³/mol. The van der Waals surface area contributed by atoms with E-state index in [0.29, 0.717) is 13.0 Å². The number of carbonyl (C=O) groups excluding carboxylic acids is 1. The zero-order chi connectivity index (χ0) is 15.5. The largest absolute Gasteiger partial charge is 0.322 e. The summed E-state index contributed by atoms with van der Waals surface area (Å²) in [5, 5.41) is -0.0722. The molecule has 2 aromatic rings. The van der Waals surface area contributed by atoms with Crippen molar-refractivity contribution >= 4 is 29.3 Å². The minimum Gasteiger partial charge on any atom is -0.322 e. The third-order valence-corrected chi connectivity index (χ3v) is 5.07. The molecule has 0 saturated carbocycles. The van der Waals surface area contributed by atoms with Gasteiger partial charge in [-0.25, -0.2) is 4.39 Å². The van der Waals surface area contributed by atoms with E-state index < -0.39 is 5.82 Å². The topological polar surface area (TPSA) is 33.2 Å². The lowest BCUT2D eigenvalue weighted by molar-refractivity contribution is -0.132. The fourth-order valence-corrected chi connectivity index (χ4v) is 3.84. The van der Waals surface area contributed by atoms with Crippen LogP contribution in [0.4, 0.5) is 4.39 Å². The molecule has 1 aromatic heterocycles. The number of hydrogen-bond donors (Lipinski definition) is 0. The summed E-state index contributed by atoms with van der Waals surface area (Å²) < 4.78 is 13.4. The van der Waals surface area contributed by atoms with E-state index in [9.17, 15) is 9.18 Å².